The summed E-state index contributed by atoms with van der Waals surface area (Å²) in [6, 6.07) is 4.68. The molecule has 5 nitrogen and oxygen atoms in total. The Kier molecular flexibility index (Phi) is 7.29. The van der Waals surface area contributed by atoms with E-state index in [1.807, 2.05) is 0 Å². The Morgan fingerprint density at radius 3 is 2.38 bits per heavy atom. The van der Waals surface area contributed by atoms with Crippen molar-refractivity contribution in [2.45, 2.75) is 32.6 Å². The molecule has 0 aliphatic rings. The fraction of sp³-hybridized carbons (Fsp3) is 0.500. The molecule has 21 heavy (non-hydrogen) atoms. The lowest BCUT2D eigenvalue weighted by Crippen LogP contribution is -2.31. The van der Waals surface area contributed by atoms with E-state index in [1.54, 1.807) is 12.1 Å². The molecule has 0 heterocycles. The molecule has 5 heteroatoms. The minimum absolute atomic E-state index is 0.290. The van der Waals surface area contributed by atoms with Gasteiger partial charge in [-0.3, -0.25) is 9.59 Å². The second-order valence-corrected chi connectivity index (χ2v) is 4.72. The normalized spacial score (nSPS) is 10.0. The van der Waals surface area contributed by atoms with Gasteiger partial charge in [-0.2, -0.15) is 0 Å². The minimum Gasteiger partial charge on any atom is -0.493 e. The Bertz CT molecular complexity index is 485. The molecule has 0 aliphatic carbocycles. The average Bonchev–Trinajstić information content (AvgIpc) is 2.53. The van der Waals surface area contributed by atoms with Gasteiger partial charge in [0.2, 0.25) is 5.78 Å². The Morgan fingerprint density at radius 1 is 1.05 bits per heavy atom. The van der Waals surface area contributed by atoms with Gasteiger partial charge in [0.15, 0.2) is 11.5 Å². The average molecular weight is 293 g/mol. The number of Topliss-reactive ketones (excluding diaryl/α,β-unsaturated/α-hetero) is 1. The molecule has 1 N–H and O–H groups in total. The van der Waals surface area contributed by atoms with E-state index in [4.69, 9.17) is 9.47 Å². The largest absolute Gasteiger partial charge is 0.493 e. The monoisotopic (exact) mass is 293 g/mol. The summed E-state index contributed by atoms with van der Waals surface area (Å²) in [4.78, 5) is 23.8. The quantitative estimate of drug-likeness (QED) is 0.432. The molecule has 0 aliphatic heterocycles. The number of rotatable bonds is 9. The summed E-state index contributed by atoms with van der Waals surface area (Å²) in [5.41, 5.74) is 0.290. The number of hydrogen-bond donors (Lipinski definition) is 1. The van der Waals surface area contributed by atoms with Crippen molar-refractivity contribution in [3.8, 4) is 11.5 Å². The lowest BCUT2D eigenvalue weighted by molar-refractivity contribution is -0.117. The number of methoxy groups -OCH3 is 2. The topological polar surface area (TPSA) is 64.6 Å². The van der Waals surface area contributed by atoms with Crippen LogP contribution in [0.1, 0.15) is 43.0 Å². The van der Waals surface area contributed by atoms with Gasteiger partial charge in [-0.1, -0.05) is 26.2 Å². The van der Waals surface area contributed by atoms with Crippen LogP contribution in [0, 0.1) is 0 Å². The van der Waals surface area contributed by atoms with Crippen LogP contribution in [0.15, 0.2) is 18.2 Å². The Balaban J connectivity index is 2.59. The van der Waals surface area contributed by atoms with E-state index in [2.05, 4.69) is 12.2 Å². The zero-order valence-corrected chi connectivity index (χ0v) is 12.9. The van der Waals surface area contributed by atoms with E-state index in [0.29, 0.717) is 23.6 Å². The summed E-state index contributed by atoms with van der Waals surface area (Å²) < 4.78 is 10.2. The molecule has 1 aromatic carbocycles. The lowest BCUT2D eigenvalue weighted by atomic mass is 10.1. The third-order valence-corrected chi connectivity index (χ3v) is 3.17. The van der Waals surface area contributed by atoms with Crippen molar-refractivity contribution >= 4 is 11.7 Å². The Hall–Kier alpha value is -2.04. The van der Waals surface area contributed by atoms with Crippen LogP contribution in [0.5, 0.6) is 11.5 Å². The first-order chi connectivity index (χ1) is 10.1. The van der Waals surface area contributed by atoms with E-state index in [9.17, 15) is 9.59 Å². The fourth-order valence-corrected chi connectivity index (χ4v) is 1.94. The van der Waals surface area contributed by atoms with Gasteiger partial charge in [0, 0.05) is 12.1 Å². The highest BCUT2D eigenvalue weighted by Crippen LogP contribution is 2.27. The Labute approximate surface area is 125 Å². The number of carbonyl (C=O) groups is 2. The zero-order valence-electron chi connectivity index (χ0n) is 12.9. The third kappa shape index (κ3) is 5.10. The number of hydrogen-bond acceptors (Lipinski definition) is 4. The van der Waals surface area contributed by atoms with Crippen LogP contribution in [0.25, 0.3) is 0 Å². The molecule has 0 saturated heterocycles. The molecule has 1 rings (SSSR count). The van der Waals surface area contributed by atoms with E-state index >= 15 is 0 Å². The van der Waals surface area contributed by atoms with E-state index in [0.717, 1.165) is 25.7 Å². The maximum absolute atomic E-state index is 12.0. The molecule has 0 bridgehead atoms. The van der Waals surface area contributed by atoms with Crippen molar-refractivity contribution < 1.29 is 19.1 Å². The van der Waals surface area contributed by atoms with Crippen LogP contribution in [0.3, 0.4) is 0 Å². The first kappa shape index (κ1) is 17.0. The molecular formula is C16H23NO4. The number of ether oxygens (including phenoxy) is 2. The highest BCUT2D eigenvalue weighted by atomic mass is 16.5. The predicted octanol–water partition coefficient (Wildman–Crippen LogP) is 2.58. The smallest absolute Gasteiger partial charge is 0.292 e. The molecular weight excluding hydrogens is 270 g/mol. The van der Waals surface area contributed by atoms with Crippen LogP contribution in [-0.2, 0) is 4.79 Å². The highest BCUT2D eigenvalue weighted by molar-refractivity contribution is 6.42. The predicted molar refractivity (Wildman–Crippen MR) is 81.0 cm³/mol. The maximum atomic E-state index is 12.0. The number of ketones is 1. The van der Waals surface area contributed by atoms with Gasteiger partial charge < -0.3 is 14.8 Å². The number of unbranched alkanes of at least 4 members (excludes halogenated alkanes) is 3. The van der Waals surface area contributed by atoms with Crippen molar-refractivity contribution in [1.29, 1.82) is 0 Å². The van der Waals surface area contributed by atoms with Crippen molar-refractivity contribution in [3.63, 3.8) is 0 Å². The van der Waals surface area contributed by atoms with Crippen molar-refractivity contribution in [2.24, 2.45) is 0 Å². The summed E-state index contributed by atoms with van der Waals surface area (Å²) in [6.07, 6.45) is 4.22. The minimum atomic E-state index is -0.585. The van der Waals surface area contributed by atoms with Gasteiger partial charge in [0.1, 0.15) is 0 Å². The van der Waals surface area contributed by atoms with Crippen LogP contribution in [-0.4, -0.2) is 32.5 Å². The zero-order chi connectivity index (χ0) is 15.7. The maximum Gasteiger partial charge on any atom is 0.292 e. The summed E-state index contributed by atoms with van der Waals surface area (Å²) >= 11 is 0. The summed E-state index contributed by atoms with van der Waals surface area (Å²) in [6.45, 7) is 2.65. The SMILES string of the molecule is CCCCCCNC(=O)C(=O)c1ccc(OC)c(OC)c1. The van der Waals surface area contributed by atoms with Gasteiger partial charge in [0.05, 0.1) is 14.2 Å². The van der Waals surface area contributed by atoms with Crippen LogP contribution in [0.4, 0.5) is 0 Å². The molecule has 0 fully saturated rings. The first-order valence-electron chi connectivity index (χ1n) is 7.18. The van der Waals surface area contributed by atoms with Gasteiger partial charge in [-0.25, -0.2) is 0 Å². The molecule has 116 valence electrons. The van der Waals surface area contributed by atoms with Crippen molar-refractivity contribution in [2.75, 3.05) is 20.8 Å². The van der Waals surface area contributed by atoms with Crippen LogP contribution in [0.2, 0.25) is 0 Å². The summed E-state index contributed by atoms with van der Waals surface area (Å²) in [5.74, 6) is -0.196. The third-order valence-electron chi connectivity index (χ3n) is 3.17. The first-order valence-corrected chi connectivity index (χ1v) is 7.18. The molecule has 0 aromatic heterocycles. The molecule has 1 amide bonds. The second-order valence-electron chi connectivity index (χ2n) is 4.72. The van der Waals surface area contributed by atoms with Crippen molar-refractivity contribution in [1.82, 2.24) is 5.32 Å². The highest BCUT2D eigenvalue weighted by Gasteiger charge is 2.17. The van der Waals surface area contributed by atoms with Gasteiger partial charge >= 0.3 is 0 Å². The van der Waals surface area contributed by atoms with Crippen LogP contribution >= 0.6 is 0 Å². The summed E-state index contributed by atoms with van der Waals surface area (Å²) in [5, 5.41) is 2.65. The van der Waals surface area contributed by atoms with Crippen molar-refractivity contribution in [3.05, 3.63) is 23.8 Å². The molecule has 0 atom stereocenters. The number of amides is 1. The molecule has 0 unspecified atom stereocenters. The Morgan fingerprint density at radius 2 is 1.76 bits per heavy atom. The van der Waals surface area contributed by atoms with E-state index in [1.165, 1.54) is 20.3 Å². The molecule has 0 radical (unpaired) electrons. The second kappa shape index (κ2) is 9.00. The van der Waals surface area contributed by atoms with E-state index in [-0.39, 0.29) is 0 Å². The van der Waals surface area contributed by atoms with Gasteiger partial charge in [0.25, 0.3) is 5.91 Å². The molecule has 1 aromatic rings. The van der Waals surface area contributed by atoms with Gasteiger partial charge in [-0.15, -0.1) is 0 Å². The molecule has 0 spiro atoms. The lowest BCUT2D eigenvalue weighted by Gasteiger charge is -2.09. The standard InChI is InChI=1S/C16H23NO4/c1-4-5-6-7-10-17-16(19)15(18)12-8-9-13(20-2)14(11-12)21-3/h8-9,11H,4-7,10H2,1-3H3,(H,17,19). The number of benzene rings is 1. The van der Waals surface area contributed by atoms with Crippen LogP contribution < -0.4 is 14.8 Å². The number of carbonyl (C=O) groups excluding carboxylic acids is 2. The summed E-state index contributed by atoms with van der Waals surface area (Å²) in [7, 11) is 3.00. The van der Waals surface area contributed by atoms with Gasteiger partial charge in [-0.05, 0) is 24.6 Å². The van der Waals surface area contributed by atoms with E-state index < -0.39 is 11.7 Å². The number of nitrogens with one attached hydrogen (secondary N) is 1. The fourth-order valence-electron chi connectivity index (χ4n) is 1.94. The molecule has 0 saturated carbocycles.